The van der Waals surface area contributed by atoms with Gasteiger partial charge in [-0.25, -0.2) is 4.98 Å². The zero-order valence-corrected chi connectivity index (χ0v) is 17.0. The largest absolute Gasteiger partial charge is 0.324 e. The molecule has 1 N–H and O–H groups in total. The zero-order chi connectivity index (χ0) is 19.7. The lowest BCUT2D eigenvalue weighted by Crippen LogP contribution is -2.14. The molecule has 28 heavy (non-hydrogen) atoms. The van der Waals surface area contributed by atoms with Crippen molar-refractivity contribution in [1.29, 1.82) is 0 Å². The standard InChI is InChI=1S/C20H18ClN5OS/c1-12(2)18-24-25-19-20(23-15-9-5-6-10-16(15)26(18)19)28-11-17(27)22-14-8-4-3-7-13(14)21/h3-10,12H,11H2,1-2H3,(H,22,27). The van der Waals surface area contributed by atoms with Gasteiger partial charge in [-0.2, -0.15) is 0 Å². The van der Waals surface area contributed by atoms with Gasteiger partial charge >= 0.3 is 0 Å². The number of carbonyl (C=O) groups excluding carboxylic acids is 1. The highest BCUT2D eigenvalue weighted by Crippen LogP contribution is 2.28. The third-order valence-corrected chi connectivity index (χ3v) is 5.51. The highest BCUT2D eigenvalue weighted by Gasteiger charge is 2.18. The first-order valence-electron chi connectivity index (χ1n) is 8.85. The number of nitrogens with zero attached hydrogens (tertiary/aromatic N) is 4. The van der Waals surface area contributed by atoms with Crippen LogP contribution in [0.2, 0.25) is 5.02 Å². The van der Waals surface area contributed by atoms with Crippen LogP contribution in [0.4, 0.5) is 5.69 Å². The molecule has 0 spiro atoms. The van der Waals surface area contributed by atoms with E-state index in [1.54, 1.807) is 12.1 Å². The molecular weight excluding hydrogens is 394 g/mol. The van der Waals surface area contributed by atoms with Gasteiger partial charge in [0.05, 0.1) is 27.5 Å². The molecule has 0 fully saturated rings. The Kier molecular flexibility index (Phi) is 5.19. The van der Waals surface area contributed by atoms with E-state index >= 15 is 0 Å². The molecule has 142 valence electrons. The van der Waals surface area contributed by atoms with Crippen molar-refractivity contribution in [1.82, 2.24) is 19.6 Å². The number of halogens is 1. The minimum atomic E-state index is -0.158. The first kappa shape index (κ1) is 18.7. The predicted molar refractivity (Wildman–Crippen MR) is 113 cm³/mol. The van der Waals surface area contributed by atoms with Crippen LogP contribution < -0.4 is 5.32 Å². The summed E-state index contributed by atoms with van der Waals surface area (Å²) in [5.41, 5.74) is 3.05. The first-order chi connectivity index (χ1) is 13.5. The number of anilines is 1. The van der Waals surface area contributed by atoms with Crippen LogP contribution in [0.25, 0.3) is 16.7 Å². The highest BCUT2D eigenvalue weighted by atomic mass is 35.5. The van der Waals surface area contributed by atoms with E-state index in [4.69, 9.17) is 16.6 Å². The van der Waals surface area contributed by atoms with Gasteiger partial charge in [0, 0.05) is 5.92 Å². The molecule has 0 saturated carbocycles. The van der Waals surface area contributed by atoms with E-state index in [-0.39, 0.29) is 17.6 Å². The van der Waals surface area contributed by atoms with E-state index in [0.717, 1.165) is 16.9 Å². The van der Waals surface area contributed by atoms with Crippen molar-refractivity contribution in [2.75, 3.05) is 11.1 Å². The van der Waals surface area contributed by atoms with Crippen molar-refractivity contribution >= 4 is 51.6 Å². The summed E-state index contributed by atoms with van der Waals surface area (Å²) in [4.78, 5) is 17.1. The molecule has 2 aromatic carbocycles. The summed E-state index contributed by atoms with van der Waals surface area (Å²) in [5.74, 6) is 1.11. The van der Waals surface area contributed by atoms with Crippen LogP contribution in [0.15, 0.2) is 53.6 Å². The van der Waals surface area contributed by atoms with Gasteiger partial charge in [0.15, 0.2) is 5.65 Å². The molecule has 2 aromatic heterocycles. The van der Waals surface area contributed by atoms with Gasteiger partial charge in [-0.15, -0.1) is 10.2 Å². The molecule has 0 aliphatic heterocycles. The van der Waals surface area contributed by atoms with E-state index < -0.39 is 0 Å². The fourth-order valence-electron chi connectivity index (χ4n) is 2.93. The van der Waals surface area contributed by atoms with Gasteiger partial charge in [-0.3, -0.25) is 9.20 Å². The summed E-state index contributed by atoms with van der Waals surface area (Å²) in [6.45, 7) is 4.16. The highest BCUT2D eigenvalue weighted by molar-refractivity contribution is 8.00. The van der Waals surface area contributed by atoms with Crippen LogP contribution in [0.5, 0.6) is 0 Å². The lowest BCUT2D eigenvalue weighted by molar-refractivity contribution is -0.113. The molecule has 0 aliphatic carbocycles. The number of fused-ring (bicyclic) bond motifs is 3. The third kappa shape index (κ3) is 3.55. The Morgan fingerprint density at radius 3 is 2.68 bits per heavy atom. The Morgan fingerprint density at radius 1 is 1.14 bits per heavy atom. The van der Waals surface area contributed by atoms with Crippen LogP contribution in [0.3, 0.4) is 0 Å². The summed E-state index contributed by atoms with van der Waals surface area (Å²) < 4.78 is 2.03. The Balaban J connectivity index is 1.65. The lowest BCUT2D eigenvalue weighted by Gasteiger charge is -2.10. The number of hydrogen-bond donors (Lipinski definition) is 1. The number of benzene rings is 2. The average molecular weight is 412 g/mol. The van der Waals surface area contributed by atoms with Crippen LogP contribution in [0.1, 0.15) is 25.6 Å². The second kappa shape index (κ2) is 7.77. The molecule has 2 heterocycles. The summed E-state index contributed by atoms with van der Waals surface area (Å²) in [7, 11) is 0. The Hall–Kier alpha value is -2.64. The maximum absolute atomic E-state index is 12.4. The Bertz CT molecular complexity index is 1170. The maximum atomic E-state index is 12.4. The molecule has 0 atom stereocenters. The van der Waals surface area contributed by atoms with Crippen LogP contribution in [-0.2, 0) is 4.79 Å². The van der Waals surface area contributed by atoms with Crippen LogP contribution in [-0.4, -0.2) is 31.2 Å². The number of hydrogen-bond acceptors (Lipinski definition) is 5. The monoisotopic (exact) mass is 411 g/mol. The van der Waals surface area contributed by atoms with Crippen LogP contribution in [0, 0.1) is 0 Å². The molecule has 0 bridgehead atoms. The molecule has 8 heteroatoms. The fraction of sp³-hybridized carbons (Fsp3) is 0.200. The molecule has 0 radical (unpaired) electrons. The topological polar surface area (TPSA) is 72.2 Å². The number of aromatic nitrogens is 4. The number of carbonyl (C=O) groups is 1. The smallest absolute Gasteiger partial charge is 0.234 e. The van der Waals surface area contributed by atoms with Crippen molar-refractivity contribution in [3.8, 4) is 0 Å². The van der Waals surface area contributed by atoms with Gasteiger partial charge in [0.1, 0.15) is 10.9 Å². The van der Waals surface area contributed by atoms with Gasteiger partial charge in [0.2, 0.25) is 5.91 Å². The first-order valence-corrected chi connectivity index (χ1v) is 10.2. The van der Waals surface area contributed by atoms with E-state index in [1.807, 2.05) is 40.8 Å². The molecule has 6 nitrogen and oxygen atoms in total. The van der Waals surface area contributed by atoms with E-state index in [0.29, 0.717) is 21.4 Å². The summed E-state index contributed by atoms with van der Waals surface area (Å²) >= 11 is 7.44. The zero-order valence-electron chi connectivity index (χ0n) is 15.4. The van der Waals surface area contributed by atoms with Crippen molar-refractivity contribution in [2.45, 2.75) is 24.8 Å². The lowest BCUT2D eigenvalue weighted by atomic mass is 10.2. The minimum absolute atomic E-state index is 0.158. The van der Waals surface area contributed by atoms with Crippen molar-refractivity contribution in [2.24, 2.45) is 0 Å². The van der Waals surface area contributed by atoms with Crippen LogP contribution >= 0.6 is 23.4 Å². The molecule has 4 rings (SSSR count). The van der Waals surface area contributed by atoms with E-state index in [1.165, 1.54) is 11.8 Å². The number of amides is 1. The second-order valence-electron chi connectivity index (χ2n) is 6.59. The quantitative estimate of drug-likeness (QED) is 0.478. The molecule has 1 amide bonds. The summed E-state index contributed by atoms with van der Waals surface area (Å²) in [6, 6.07) is 15.0. The molecular formula is C20H18ClN5OS. The van der Waals surface area contributed by atoms with E-state index in [2.05, 4.69) is 29.4 Å². The SMILES string of the molecule is CC(C)c1nnc2c(SCC(=O)Nc3ccccc3Cl)nc3ccccc3n12. The Morgan fingerprint density at radius 2 is 1.89 bits per heavy atom. The maximum Gasteiger partial charge on any atom is 0.234 e. The van der Waals surface area contributed by atoms with Crippen molar-refractivity contribution in [3.05, 3.63) is 59.4 Å². The third-order valence-electron chi connectivity index (χ3n) is 4.23. The van der Waals surface area contributed by atoms with E-state index in [9.17, 15) is 4.79 Å². The fourth-order valence-corrected chi connectivity index (χ4v) is 3.88. The predicted octanol–water partition coefficient (Wildman–Crippen LogP) is 4.79. The van der Waals surface area contributed by atoms with Crippen molar-refractivity contribution in [3.63, 3.8) is 0 Å². The number of rotatable bonds is 5. The summed E-state index contributed by atoms with van der Waals surface area (Å²) in [6.07, 6.45) is 0. The van der Waals surface area contributed by atoms with Gasteiger partial charge < -0.3 is 5.32 Å². The number of para-hydroxylation sites is 3. The second-order valence-corrected chi connectivity index (χ2v) is 7.97. The van der Waals surface area contributed by atoms with Gasteiger partial charge in [-0.1, -0.05) is 61.5 Å². The molecule has 0 aliphatic rings. The minimum Gasteiger partial charge on any atom is -0.324 e. The average Bonchev–Trinajstić information content (AvgIpc) is 3.14. The number of nitrogens with one attached hydrogen (secondary N) is 1. The normalized spacial score (nSPS) is 11.4. The summed E-state index contributed by atoms with van der Waals surface area (Å²) in [5, 5.41) is 12.7. The molecule has 4 aromatic rings. The Labute approximate surface area is 171 Å². The van der Waals surface area contributed by atoms with Crippen molar-refractivity contribution < 1.29 is 4.79 Å². The number of thioether (sulfide) groups is 1. The molecule has 0 unspecified atom stereocenters. The van der Waals surface area contributed by atoms with Gasteiger partial charge in [0.25, 0.3) is 0 Å². The molecule has 0 saturated heterocycles. The van der Waals surface area contributed by atoms with Gasteiger partial charge in [-0.05, 0) is 24.3 Å².